The minimum absolute atomic E-state index is 0.219. The molecule has 31 heavy (non-hydrogen) atoms. The Morgan fingerprint density at radius 2 is 1.06 bits per heavy atom. The van der Waals surface area contributed by atoms with Gasteiger partial charge in [-0.3, -0.25) is 0 Å². The average Bonchev–Trinajstić information content (AvgIpc) is 2.82. The van der Waals surface area contributed by atoms with E-state index in [1.807, 2.05) is 0 Å². The normalized spacial score (nSPS) is 20.3. The number of unbranched alkanes of at least 4 members (excludes halogenated alkanes) is 4. The zero-order valence-electron chi connectivity index (χ0n) is 18.8. The van der Waals surface area contributed by atoms with E-state index in [2.05, 4.69) is 59.2 Å². The molecule has 0 saturated carbocycles. The van der Waals surface area contributed by atoms with Crippen molar-refractivity contribution in [1.29, 1.82) is 0 Å². The van der Waals surface area contributed by atoms with Crippen LogP contribution in [0.2, 0.25) is 0 Å². The maximum Gasteiger partial charge on any atom is 0.0952 e. The fourth-order valence-corrected chi connectivity index (χ4v) is 4.79. The number of hydrogen-bond acceptors (Lipinski definition) is 4. The standard InChI is InChI=1S/C27H38N2O2/c1(2-8-16-28-20-26-24-12-6-4-10-22(24)14-18-30-26)3-9-17-29-21-27-25-13-7-5-11-23(25)15-19-31-27/h4-7,10-13,26-29H,1-3,8-9,14-21H2/t26-,27-/m1/s1. The Balaban J connectivity index is 0.999. The number of benzene rings is 2. The van der Waals surface area contributed by atoms with Gasteiger partial charge in [-0.05, 0) is 61.0 Å². The van der Waals surface area contributed by atoms with Crippen molar-refractivity contribution in [2.24, 2.45) is 0 Å². The number of hydrogen-bond donors (Lipinski definition) is 2. The Morgan fingerprint density at radius 3 is 1.58 bits per heavy atom. The van der Waals surface area contributed by atoms with Crippen LogP contribution in [0.15, 0.2) is 48.5 Å². The van der Waals surface area contributed by atoms with Crippen LogP contribution in [0.25, 0.3) is 0 Å². The van der Waals surface area contributed by atoms with Crippen molar-refractivity contribution in [2.45, 2.75) is 57.2 Å². The van der Waals surface area contributed by atoms with Gasteiger partial charge in [0.1, 0.15) is 0 Å². The monoisotopic (exact) mass is 422 g/mol. The van der Waals surface area contributed by atoms with Gasteiger partial charge in [-0.15, -0.1) is 0 Å². The summed E-state index contributed by atoms with van der Waals surface area (Å²) in [5.74, 6) is 0. The molecule has 0 spiro atoms. The van der Waals surface area contributed by atoms with Crippen molar-refractivity contribution in [3.05, 3.63) is 70.8 Å². The summed E-state index contributed by atoms with van der Waals surface area (Å²) in [5.41, 5.74) is 5.65. The van der Waals surface area contributed by atoms with Crippen LogP contribution in [0.1, 0.15) is 66.6 Å². The smallest absolute Gasteiger partial charge is 0.0952 e. The SMILES string of the molecule is c1ccc2c(c1)CCO[C@@H]2CNCCCCCCCNC[C@H]1OCCc2ccccc21. The molecule has 0 aliphatic carbocycles. The Kier molecular flexibility index (Phi) is 8.95. The summed E-state index contributed by atoms with van der Waals surface area (Å²) in [5, 5.41) is 7.20. The summed E-state index contributed by atoms with van der Waals surface area (Å²) in [6.45, 7) is 5.70. The van der Waals surface area contributed by atoms with E-state index in [-0.39, 0.29) is 12.2 Å². The van der Waals surface area contributed by atoms with Crippen molar-refractivity contribution in [3.8, 4) is 0 Å². The van der Waals surface area contributed by atoms with Gasteiger partial charge in [-0.2, -0.15) is 0 Å². The number of rotatable bonds is 12. The van der Waals surface area contributed by atoms with Gasteiger partial charge in [0.2, 0.25) is 0 Å². The molecule has 0 unspecified atom stereocenters. The molecule has 2 aliphatic heterocycles. The van der Waals surface area contributed by atoms with Crippen LogP contribution in [0.5, 0.6) is 0 Å². The van der Waals surface area contributed by atoms with Crippen molar-refractivity contribution < 1.29 is 9.47 Å². The van der Waals surface area contributed by atoms with Gasteiger partial charge in [0.25, 0.3) is 0 Å². The second kappa shape index (κ2) is 12.4. The molecule has 0 amide bonds. The summed E-state index contributed by atoms with van der Waals surface area (Å²) in [6, 6.07) is 17.4. The van der Waals surface area contributed by atoms with Crippen LogP contribution in [0.3, 0.4) is 0 Å². The highest BCUT2D eigenvalue weighted by Crippen LogP contribution is 2.27. The molecule has 2 aromatic rings. The van der Waals surface area contributed by atoms with E-state index in [4.69, 9.17) is 9.47 Å². The molecule has 4 nitrogen and oxygen atoms in total. The minimum Gasteiger partial charge on any atom is -0.372 e. The lowest BCUT2D eigenvalue weighted by Gasteiger charge is -2.26. The number of fused-ring (bicyclic) bond motifs is 2. The Morgan fingerprint density at radius 1 is 0.613 bits per heavy atom. The second-order valence-electron chi connectivity index (χ2n) is 8.79. The molecule has 4 rings (SSSR count). The van der Waals surface area contributed by atoms with E-state index in [0.717, 1.165) is 52.2 Å². The van der Waals surface area contributed by atoms with Gasteiger partial charge in [0, 0.05) is 13.1 Å². The van der Waals surface area contributed by atoms with Gasteiger partial charge < -0.3 is 20.1 Å². The summed E-state index contributed by atoms with van der Waals surface area (Å²) in [7, 11) is 0. The molecule has 2 atom stereocenters. The van der Waals surface area contributed by atoms with Gasteiger partial charge in [-0.1, -0.05) is 67.8 Å². The van der Waals surface area contributed by atoms with Crippen molar-refractivity contribution in [1.82, 2.24) is 10.6 Å². The topological polar surface area (TPSA) is 42.5 Å². The molecule has 2 N–H and O–H groups in total. The third-order valence-electron chi connectivity index (χ3n) is 6.55. The predicted octanol–water partition coefficient (Wildman–Crippen LogP) is 4.74. The van der Waals surface area contributed by atoms with Crippen LogP contribution < -0.4 is 10.6 Å². The first-order chi connectivity index (χ1) is 15.4. The van der Waals surface area contributed by atoms with Gasteiger partial charge in [0.15, 0.2) is 0 Å². The molecular weight excluding hydrogens is 384 g/mol. The molecule has 0 radical (unpaired) electrons. The van der Waals surface area contributed by atoms with Gasteiger partial charge in [0.05, 0.1) is 25.4 Å². The lowest BCUT2D eigenvalue weighted by Crippen LogP contribution is -2.28. The molecule has 0 saturated heterocycles. The first-order valence-electron chi connectivity index (χ1n) is 12.2. The molecule has 0 aromatic heterocycles. The van der Waals surface area contributed by atoms with E-state index >= 15 is 0 Å². The number of nitrogens with one attached hydrogen (secondary N) is 2. The zero-order valence-corrected chi connectivity index (χ0v) is 18.8. The molecular formula is C27H38N2O2. The highest BCUT2D eigenvalue weighted by molar-refractivity contribution is 5.32. The van der Waals surface area contributed by atoms with Crippen molar-refractivity contribution in [2.75, 3.05) is 39.4 Å². The molecule has 2 aliphatic rings. The van der Waals surface area contributed by atoms with Crippen LogP contribution in [-0.2, 0) is 22.3 Å². The quantitative estimate of drug-likeness (QED) is 0.485. The van der Waals surface area contributed by atoms with Crippen molar-refractivity contribution >= 4 is 0 Å². The van der Waals surface area contributed by atoms with E-state index in [1.165, 1.54) is 54.4 Å². The van der Waals surface area contributed by atoms with E-state index < -0.39 is 0 Å². The van der Waals surface area contributed by atoms with Crippen molar-refractivity contribution in [3.63, 3.8) is 0 Å². The van der Waals surface area contributed by atoms with Crippen LogP contribution >= 0.6 is 0 Å². The predicted molar refractivity (Wildman–Crippen MR) is 127 cm³/mol. The highest BCUT2D eigenvalue weighted by Gasteiger charge is 2.20. The Labute approximate surface area is 187 Å². The first-order valence-corrected chi connectivity index (χ1v) is 12.2. The summed E-state index contributed by atoms with van der Waals surface area (Å²) >= 11 is 0. The molecule has 0 bridgehead atoms. The zero-order chi connectivity index (χ0) is 21.1. The lowest BCUT2D eigenvalue weighted by molar-refractivity contribution is 0.0426. The van der Waals surface area contributed by atoms with E-state index in [9.17, 15) is 0 Å². The Bertz CT molecular complexity index is 729. The summed E-state index contributed by atoms with van der Waals surface area (Å²) in [6.07, 6.45) is 8.93. The van der Waals surface area contributed by atoms with E-state index in [1.54, 1.807) is 0 Å². The molecule has 2 aromatic carbocycles. The minimum atomic E-state index is 0.219. The average molecular weight is 423 g/mol. The number of ether oxygens (including phenoxy) is 2. The van der Waals surface area contributed by atoms with Crippen LogP contribution in [-0.4, -0.2) is 39.4 Å². The fourth-order valence-electron chi connectivity index (χ4n) is 4.79. The van der Waals surface area contributed by atoms with Crippen LogP contribution in [0.4, 0.5) is 0 Å². The van der Waals surface area contributed by atoms with E-state index in [0.29, 0.717) is 0 Å². The third kappa shape index (κ3) is 6.63. The van der Waals surface area contributed by atoms with Gasteiger partial charge in [-0.25, -0.2) is 0 Å². The largest absolute Gasteiger partial charge is 0.372 e. The molecule has 0 fully saturated rings. The summed E-state index contributed by atoms with van der Waals surface area (Å²) in [4.78, 5) is 0. The molecule has 4 heteroatoms. The first kappa shape index (κ1) is 22.5. The lowest BCUT2D eigenvalue weighted by atomic mass is 9.97. The molecule has 168 valence electrons. The maximum absolute atomic E-state index is 5.97. The van der Waals surface area contributed by atoms with Gasteiger partial charge >= 0.3 is 0 Å². The summed E-state index contributed by atoms with van der Waals surface area (Å²) < 4.78 is 11.9. The molecule has 2 heterocycles. The highest BCUT2D eigenvalue weighted by atomic mass is 16.5. The van der Waals surface area contributed by atoms with Crippen LogP contribution in [0, 0.1) is 0 Å². The second-order valence-corrected chi connectivity index (χ2v) is 8.79. The third-order valence-corrected chi connectivity index (χ3v) is 6.55. The maximum atomic E-state index is 5.97. The fraction of sp³-hybridized carbons (Fsp3) is 0.556. The Hall–Kier alpha value is -1.72.